The van der Waals surface area contributed by atoms with E-state index < -0.39 is 0 Å². The average Bonchev–Trinajstić information content (AvgIpc) is 2.95. The maximum absolute atomic E-state index is 6.07. The van der Waals surface area contributed by atoms with Crippen LogP contribution in [0.15, 0.2) is 73.1 Å². The van der Waals surface area contributed by atoms with Crippen molar-refractivity contribution < 1.29 is 18.9 Å². The Morgan fingerprint density at radius 2 is 1.52 bits per heavy atom. The molecule has 0 atom stereocenters. The highest BCUT2D eigenvalue weighted by Crippen LogP contribution is 2.41. The minimum absolute atomic E-state index is 0.246. The average molecular weight is 545 g/mol. The number of hydrogen-bond donors (Lipinski definition) is 0. The second-order valence-electron chi connectivity index (χ2n) is 11.4. The summed E-state index contributed by atoms with van der Waals surface area (Å²) >= 11 is 0. The molecule has 0 spiro atoms. The van der Waals surface area contributed by atoms with E-state index in [0.717, 1.165) is 49.5 Å². The molecule has 0 unspecified atom stereocenters. The quantitative estimate of drug-likeness (QED) is 0.247. The summed E-state index contributed by atoms with van der Waals surface area (Å²) in [5, 5.41) is 0. The van der Waals surface area contributed by atoms with Crippen molar-refractivity contribution >= 4 is 5.69 Å². The summed E-state index contributed by atoms with van der Waals surface area (Å²) in [4.78, 5) is 4.86. The van der Waals surface area contributed by atoms with Crippen molar-refractivity contribution in [1.82, 2.24) is 4.90 Å². The summed E-state index contributed by atoms with van der Waals surface area (Å²) in [5.41, 5.74) is 5.69. The molecule has 0 amide bonds. The first-order chi connectivity index (χ1) is 19.1. The SMILES string of the molecule is C=C(OC(C)(C)C)N1CCC(N(Cc2cccc(-c3cc(OC)c(OC)c(OC)c3)c2)c2ccccc2C)CC1. The first-order valence-electron chi connectivity index (χ1n) is 14.0. The van der Waals surface area contributed by atoms with E-state index >= 15 is 0 Å². The number of benzene rings is 3. The molecule has 1 aliphatic heterocycles. The van der Waals surface area contributed by atoms with E-state index in [2.05, 4.69) is 92.6 Å². The minimum atomic E-state index is -0.246. The molecule has 1 heterocycles. The van der Waals surface area contributed by atoms with Crippen LogP contribution in [0.4, 0.5) is 5.69 Å². The van der Waals surface area contributed by atoms with Gasteiger partial charge < -0.3 is 28.7 Å². The summed E-state index contributed by atoms with van der Waals surface area (Å²) in [6, 6.07) is 21.8. The third-order valence-corrected chi connectivity index (χ3v) is 7.38. The van der Waals surface area contributed by atoms with Crippen LogP contribution in [0.5, 0.6) is 17.2 Å². The number of anilines is 1. The van der Waals surface area contributed by atoms with Gasteiger partial charge in [-0.05, 0) is 93.6 Å². The van der Waals surface area contributed by atoms with Gasteiger partial charge in [-0.15, -0.1) is 0 Å². The molecule has 6 nitrogen and oxygen atoms in total. The van der Waals surface area contributed by atoms with Gasteiger partial charge in [0.2, 0.25) is 5.75 Å². The van der Waals surface area contributed by atoms with Crippen molar-refractivity contribution in [2.75, 3.05) is 39.3 Å². The monoisotopic (exact) mass is 544 g/mol. The molecule has 0 saturated carbocycles. The van der Waals surface area contributed by atoms with Crippen molar-refractivity contribution in [2.24, 2.45) is 0 Å². The number of piperidine rings is 1. The van der Waals surface area contributed by atoms with Crippen LogP contribution in [0.2, 0.25) is 0 Å². The van der Waals surface area contributed by atoms with Crippen LogP contribution in [0.1, 0.15) is 44.7 Å². The van der Waals surface area contributed by atoms with Gasteiger partial charge in [-0.3, -0.25) is 0 Å². The van der Waals surface area contributed by atoms with Crippen LogP contribution in [0, 0.1) is 6.92 Å². The summed E-state index contributed by atoms with van der Waals surface area (Å²) in [5.74, 6) is 2.66. The zero-order valence-corrected chi connectivity index (χ0v) is 25.1. The van der Waals surface area contributed by atoms with Gasteiger partial charge in [0.15, 0.2) is 17.4 Å². The number of hydrogen-bond acceptors (Lipinski definition) is 6. The first kappa shape index (κ1) is 29.2. The predicted octanol–water partition coefficient (Wildman–Crippen LogP) is 7.45. The number of methoxy groups -OCH3 is 3. The molecule has 3 aromatic rings. The minimum Gasteiger partial charge on any atom is -0.493 e. The smallest absolute Gasteiger partial charge is 0.203 e. The summed E-state index contributed by atoms with van der Waals surface area (Å²) in [7, 11) is 4.92. The van der Waals surface area contributed by atoms with Crippen LogP contribution in [0.3, 0.4) is 0 Å². The van der Waals surface area contributed by atoms with Gasteiger partial charge in [-0.2, -0.15) is 0 Å². The Kier molecular flexibility index (Phi) is 9.18. The standard InChI is InChI=1S/C34H44N2O4/c1-24-12-9-10-15-30(24)36(29-16-18-35(19-17-29)25(2)40-34(3,4)5)23-26-13-11-14-27(20-26)28-21-31(37-6)33(39-8)32(22-28)38-7/h9-15,20-22,29H,2,16-19,23H2,1,3-8H3. The number of nitrogens with zero attached hydrogens (tertiary/aromatic N) is 2. The van der Waals surface area contributed by atoms with Crippen molar-refractivity contribution in [1.29, 1.82) is 0 Å². The van der Waals surface area contributed by atoms with Crippen LogP contribution in [-0.2, 0) is 11.3 Å². The molecule has 1 saturated heterocycles. The molecular weight excluding hydrogens is 500 g/mol. The van der Waals surface area contributed by atoms with Gasteiger partial charge in [0.25, 0.3) is 0 Å². The third kappa shape index (κ3) is 6.85. The first-order valence-corrected chi connectivity index (χ1v) is 14.0. The van der Waals surface area contributed by atoms with E-state index in [-0.39, 0.29) is 5.60 Å². The molecule has 3 aromatic carbocycles. The molecule has 1 fully saturated rings. The largest absolute Gasteiger partial charge is 0.493 e. The second-order valence-corrected chi connectivity index (χ2v) is 11.4. The van der Waals surface area contributed by atoms with Crippen LogP contribution >= 0.6 is 0 Å². The number of rotatable bonds is 10. The number of para-hydroxylation sites is 1. The van der Waals surface area contributed by atoms with Crippen LogP contribution in [0.25, 0.3) is 11.1 Å². The Morgan fingerprint density at radius 1 is 0.875 bits per heavy atom. The van der Waals surface area contributed by atoms with Crippen LogP contribution in [-0.4, -0.2) is 51.0 Å². The van der Waals surface area contributed by atoms with Crippen molar-refractivity contribution in [3.05, 3.63) is 84.3 Å². The molecule has 0 radical (unpaired) electrons. The molecule has 4 rings (SSSR count). The summed E-state index contributed by atoms with van der Waals surface area (Å²) < 4.78 is 22.8. The van der Waals surface area contributed by atoms with Gasteiger partial charge in [-0.1, -0.05) is 36.4 Å². The summed E-state index contributed by atoms with van der Waals surface area (Å²) in [6.07, 6.45) is 2.07. The van der Waals surface area contributed by atoms with E-state index in [1.54, 1.807) is 21.3 Å². The van der Waals surface area contributed by atoms with E-state index in [9.17, 15) is 0 Å². The van der Waals surface area contributed by atoms with Gasteiger partial charge in [0.05, 0.1) is 21.3 Å². The highest BCUT2D eigenvalue weighted by Gasteiger charge is 2.28. The molecule has 1 aliphatic rings. The van der Waals surface area contributed by atoms with E-state index in [4.69, 9.17) is 18.9 Å². The topological polar surface area (TPSA) is 43.4 Å². The van der Waals surface area contributed by atoms with Gasteiger partial charge in [-0.25, -0.2) is 0 Å². The number of likely N-dealkylation sites (tertiary alicyclic amines) is 1. The highest BCUT2D eigenvalue weighted by molar-refractivity contribution is 5.71. The van der Waals surface area contributed by atoms with Crippen molar-refractivity contribution in [3.8, 4) is 28.4 Å². The van der Waals surface area contributed by atoms with Gasteiger partial charge in [0, 0.05) is 31.4 Å². The highest BCUT2D eigenvalue weighted by atomic mass is 16.5. The Balaban J connectivity index is 1.60. The molecule has 6 heteroatoms. The van der Waals surface area contributed by atoms with E-state index in [1.807, 2.05) is 12.1 Å². The Labute approximate surface area is 240 Å². The van der Waals surface area contributed by atoms with E-state index in [1.165, 1.54) is 16.8 Å². The summed E-state index contributed by atoms with van der Waals surface area (Å²) in [6.45, 7) is 15.3. The lowest BCUT2D eigenvalue weighted by Crippen LogP contribution is -2.45. The lowest BCUT2D eigenvalue weighted by atomic mass is 9.98. The number of aryl methyl sites for hydroxylation is 1. The third-order valence-electron chi connectivity index (χ3n) is 7.38. The van der Waals surface area contributed by atoms with Gasteiger partial charge >= 0.3 is 0 Å². The van der Waals surface area contributed by atoms with Crippen molar-refractivity contribution in [3.63, 3.8) is 0 Å². The molecule has 0 aliphatic carbocycles. The Bertz CT molecular complexity index is 1280. The normalized spacial score (nSPS) is 14.0. The molecule has 40 heavy (non-hydrogen) atoms. The zero-order valence-electron chi connectivity index (χ0n) is 25.1. The predicted molar refractivity (Wildman–Crippen MR) is 163 cm³/mol. The lowest BCUT2D eigenvalue weighted by Gasteiger charge is -2.42. The molecule has 0 aromatic heterocycles. The molecule has 214 valence electrons. The van der Waals surface area contributed by atoms with E-state index in [0.29, 0.717) is 23.3 Å². The fourth-order valence-electron chi connectivity index (χ4n) is 5.44. The number of ether oxygens (including phenoxy) is 4. The maximum Gasteiger partial charge on any atom is 0.203 e. The zero-order chi connectivity index (χ0) is 28.9. The molecule has 0 bridgehead atoms. The fraction of sp³-hybridized carbons (Fsp3) is 0.412. The van der Waals surface area contributed by atoms with Crippen LogP contribution < -0.4 is 19.1 Å². The lowest BCUT2D eigenvalue weighted by molar-refractivity contribution is -0.00297. The molecular formula is C34H44N2O4. The molecule has 0 N–H and O–H groups in total. The second kappa shape index (κ2) is 12.6. The fourth-order valence-corrected chi connectivity index (χ4v) is 5.44. The maximum atomic E-state index is 6.07. The van der Waals surface area contributed by atoms with Crippen molar-refractivity contribution in [2.45, 2.75) is 58.7 Å². The van der Waals surface area contributed by atoms with Gasteiger partial charge in [0.1, 0.15) is 5.60 Å². The Morgan fingerprint density at radius 3 is 2.10 bits per heavy atom. The Hall–Kier alpha value is -3.80.